The van der Waals surface area contributed by atoms with Crippen molar-refractivity contribution >= 4 is 77.8 Å². The maximum absolute atomic E-state index is 14.2. The van der Waals surface area contributed by atoms with E-state index in [1.54, 1.807) is 52.0 Å². The average molecular weight is 1040 g/mol. The van der Waals surface area contributed by atoms with Crippen LogP contribution in [0.1, 0.15) is 78.2 Å². The lowest BCUT2D eigenvalue weighted by Gasteiger charge is -2.29. The summed E-state index contributed by atoms with van der Waals surface area (Å²) in [5.41, 5.74) is 39.5. The Kier molecular flexibility index (Phi) is 29.4. The fraction of sp³-hybridized carbons (Fsp3) is 0.614. The van der Waals surface area contributed by atoms with E-state index in [0.29, 0.717) is 6.42 Å². The number of carboxylic acids is 1. The van der Waals surface area contributed by atoms with Crippen LogP contribution >= 0.6 is 12.6 Å². The maximum atomic E-state index is 14.2. The topological polar surface area (TPSA) is 480 Å². The van der Waals surface area contributed by atoms with E-state index < -0.39 is 114 Å². The lowest BCUT2D eigenvalue weighted by molar-refractivity contribution is -0.142. The van der Waals surface area contributed by atoms with Gasteiger partial charge in [0, 0.05) is 25.4 Å². The molecule has 0 saturated carbocycles. The molecule has 1 rings (SSSR count). The van der Waals surface area contributed by atoms with Crippen molar-refractivity contribution in [2.45, 2.75) is 127 Å². The third kappa shape index (κ3) is 24.3. The van der Waals surface area contributed by atoms with Gasteiger partial charge in [-0.2, -0.15) is 12.6 Å². The third-order valence-corrected chi connectivity index (χ3v) is 11.4. The number of nitrogens with two attached hydrogens (primary N) is 7. The predicted octanol–water partition coefficient (Wildman–Crippen LogP) is -5.18. The van der Waals surface area contributed by atoms with Crippen molar-refractivity contribution < 1.29 is 48.6 Å². The molecule has 72 heavy (non-hydrogen) atoms. The number of hydrogen-bond acceptors (Lipinski definition) is 14. The van der Waals surface area contributed by atoms with Crippen molar-refractivity contribution in [1.29, 1.82) is 0 Å². The normalized spacial score (nSPS) is 14.7. The summed E-state index contributed by atoms with van der Waals surface area (Å²) in [7, 11) is 0. The second-order valence-corrected chi connectivity index (χ2v) is 17.6. The number of nitrogens with one attached hydrogen (secondary N) is 7. The first kappa shape index (κ1) is 63.1. The second kappa shape index (κ2) is 33.6. The molecular weight excluding hydrogens is 959 g/mol. The highest BCUT2D eigenvalue weighted by Gasteiger charge is 2.35. The number of rotatable bonds is 34. The zero-order chi connectivity index (χ0) is 54.5. The van der Waals surface area contributed by atoms with Gasteiger partial charge in [-0.1, -0.05) is 64.4 Å². The van der Waals surface area contributed by atoms with Crippen LogP contribution in [0.4, 0.5) is 0 Å². The Labute approximate surface area is 424 Å². The van der Waals surface area contributed by atoms with Crippen LogP contribution in [0, 0.1) is 11.8 Å². The van der Waals surface area contributed by atoms with E-state index in [1.807, 2.05) is 6.07 Å². The van der Waals surface area contributed by atoms with Crippen LogP contribution in [0.15, 0.2) is 45.3 Å². The molecule has 9 atom stereocenters. The highest BCUT2D eigenvalue weighted by molar-refractivity contribution is 7.80. The largest absolute Gasteiger partial charge is 0.480 e. The molecule has 0 aromatic heterocycles. The first-order chi connectivity index (χ1) is 33.9. The van der Waals surface area contributed by atoms with Crippen molar-refractivity contribution in [3.05, 3.63) is 35.9 Å². The van der Waals surface area contributed by atoms with Gasteiger partial charge in [-0.15, -0.1) is 0 Å². The molecule has 28 heteroatoms. The van der Waals surface area contributed by atoms with Gasteiger partial charge >= 0.3 is 5.97 Å². The van der Waals surface area contributed by atoms with Gasteiger partial charge < -0.3 is 87.6 Å². The number of hydrogen-bond donors (Lipinski definition) is 17. The Balaban J connectivity index is 3.39. The van der Waals surface area contributed by atoms with Gasteiger partial charge in [-0.05, 0) is 62.3 Å². The number of carboxylic acid groups (broad SMARTS) is 1. The van der Waals surface area contributed by atoms with Gasteiger partial charge in [0.1, 0.15) is 42.3 Å². The molecule has 0 radical (unpaired) electrons. The maximum Gasteiger partial charge on any atom is 0.326 e. The summed E-state index contributed by atoms with van der Waals surface area (Å²) < 4.78 is 0. The lowest BCUT2D eigenvalue weighted by Crippen LogP contribution is -2.61. The smallest absolute Gasteiger partial charge is 0.326 e. The van der Waals surface area contributed by atoms with Crippen molar-refractivity contribution in [2.24, 2.45) is 66.9 Å². The number of guanidine groups is 3. The van der Waals surface area contributed by atoms with Gasteiger partial charge in [0.25, 0.3) is 0 Å². The van der Waals surface area contributed by atoms with Crippen LogP contribution in [-0.2, 0) is 44.8 Å². The van der Waals surface area contributed by atoms with Gasteiger partial charge in [-0.25, -0.2) is 4.79 Å². The number of aliphatic hydroxyl groups excluding tert-OH is 1. The molecule has 0 aliphatic rings. The molecule has 0 aliphatic heterocycles. The number of nitrogens with zero attached hydrogens (tertiary/aromatic N) is 3. The molecule has 0 heterocycles. The molecule has 0 aliphatic carbocycles. The summed E-state index contributed by atoms with van der Waals surface area (Å²) >= 11 is 4.17. The van der Waals surface area contributed by atoms with Crippen LogP contribution in [0.25, 0.3) is 0 Å². The Hall–Kier alpha value is -6.94. The highest BCUT2D eigenvalue weighted by Crippen LogP contribution is 2.12. The van der Waals surface area contributed by atoms with Crippen LogP contribution in [-0.4, -0.2) is 156 Å². The van der Waals surface area contributed by atoms with Crippen LogP contribution in [0.3, 0.4) is 0 Å². The monoisotopic (exact) mass is 1040 g/mol. The zero-order valence-electron chi connectivity index (χ0n) is 41.3. The van der Waals surface area contributed by atoms with Crippen molar-refractivity contribution in [1.82, 2.24) is 37.2 Å². The molecule has 9 unspecified atom stereocenters. The average Bonchev–Trinajstić information content (AvgIpc) is 3.32. The summed E-state index contributed by atoms with van der Waals surface area (Å²) in [5.74, 6) is -9.27. The van der Waals surface area contributed by atoms with E-state index >= 15 is 0 Å². The molecule has 27 nitrogen and oxygen atoms in total. The summed E-state index contributed by atoms with van der Waals surface area (Å²) in [6, 6.07) is -1.70. The third-order valence-electron chi connectivity index (χ3n) is 11.0. The molecule has 1 aromatic carbocycles. The van der Waals surface area contributed by atoms with Gasteiger partial charge in [-0.3, -0.25) is 48.5 Å². The highest BCUT2D eigenvalue weighted by atomic mass is 32.1. The molecule has 0 saturated heterocycles. The number of thiol groups is 1. The van der Waals surface area contributed by atoms with Crippen molar-refractivity contribution in [3.8, 4) is 0 Å². The molecule has 404 valence electrons. The molecule has 7 amide bonds. The minimum Gasteiger partial charge on any atom is -0.480 e. The number of benzene rings is 1. The number of carbonyl (C=O) groups excluding carboxylic acids is 7. The van der Waals surface area contributed by atoms with E-state index in [0.717, 1.165) is 5.56 Å². The van der Waals surface area contributed by atoms with Gasteiger partial charge in [0.05, 0.1) is 12.6 Å². The standard InChI is InChI=1S/C44H77N17O10S/c1-5-24(4)33(61-34(63)26(45)20-25-12-7-6-8-13-25)40(69)58-30(21-62)37(66)56-27(14-9-17-52-42(46)47)35(64)55-28(15-10-18-53-43(48)49)36(65)60-32(23(2)3)39(68)59-31(22-72)38(67)57-29(41(70)71)16-11-19-54-44(50)51/h6-8,12-13,23-24,26-33,62,72H,5,9-11,14-22,45H2,1-4H3,(H,55,64)(H,56,66)(H,57,67)(H,58,69)(H,59,68)(H,60,65)(H,61,63)(H,70,71)(H4,46,47,52)(H4,48,49,53)(H4,50,51,54). The molecule has 1 aromatic rings. The van der Waals surface area contributed by atoms with Gasteiger partial charge in [0.2, 0.25) is 41.4 Å². The predicted molar refractivity (Wildman–Crippen MR) is 274 cm³/mol. The summed E-state index contributed by atoms with van der Waals surface area (Å²) in [6.07, 6.45) is 0.772. The fourth-order valence-corrected chi connectivity index (χ4v) is 7.00. The minimum absolute atomic E-state index is 0.0140. The number of amides is 7. The first-order valence-corrected chi connectivity index (χ1v) is 24.1. The second-order valence-electron chi connectivity index (χ2n) is 17.3. The van der Waals surface area contributed by atoms with Crippen LogP contribution in [0.2, 0.25) is 0 Å². The number of aliphatic hydroxyl groups is 1. The van der Waals surface area contributed by atoms with E-state index in [2.05, 4.69) is 64.8 Å². The van der Waals surface area contributed by atoms with Crippen LogP contribution in [0.5, 0.6) is 0 Å². The zero-order valence-corrected chi connectivity index (χ0v) is 42.2. The quantitative estimate of drug-likeness (QED) is 0.0133. The van der Waals surface area contributed by atoms with E-state index in [9.17, 15) is 48.6 Å². The Morgan fingerprint density at radius 3 is 1.38 bits per heavy atom. The lowest BCUT2D eigenvalue weighted by atomic mass is 9.97. The molecule has 0 spiro atoms. The van der Waals surface area contributed by atoms with Crippen molar-refractivity contribution in [2.75, 3.05) is 32.0 Å². The summed E-state index contributed by atoms with van der Waals surface area (Å²) in [5, 5.41) is 37.7. The number of aliphatic imine (C=N–C) groups is 3. The van der Waals surface area contributed by atoms with E-state index in [4.69, 9.17) is 40.1 Å². The summed E-state index contributed by atoms with van der Waals surface area (Å²) in [4.78, 5) is 119. The Bertz CT molecular complexity index is 2020. The van der Waals surface area contributed by atoms with Gasteiger partial charge in [0.15, 0.2) is 17.9 Å². The van der Waals surface area contributed by atoms with Crippen LogP contribution < -0.4 is 77.4 Å². The molecule has 23 N–H and O–H groups in total. The fourth-order valence-electron chi connectivity index (χ4n) is 6.75. The number of aliphatic carboxylic acids is 1. The van der Waals surface area contributed by atoms with E-state index in [1.165, 1.54) is 0 Å². The van der Waals surface area contributed by atoms with E-state index in [-0.39, 0.29) is 88.2 Å². The molecular formula is C44H77N17O10S. The number of carbonyl (C=O) groups is 8. The Morgan fingerprint density at radius 2 is 0.944 bits per heavy atom. The molecule has 0 fully saturated rings. The Morgan fingerprint density at radius 1 is 0.556 bits per heavy atom. The summed E-state index contributed by atoms with van der Waals surface area (Å²) in [6.45, 7) is 5.90. The SMILES string of the molecule is CCC(C)C(NC(=O)C(N)Cc1ccccc1)C(=O)NC(CO)C(=O)NC(CCCN=C(N)N)C(=O)NC(CCCN=C(N)N)C(=O)NC(C(=O)NC(CS)C(=O)NC(CCCN=C(N)N)C(=O)O)C(C)C. The first-order valence-electron chi connectivity index (χ1n) is 23.5. The molecule has 0 bridgehead atoms. The van der Waals surface area contributed by atoms with Crippen molar-refractivity contribution in [3.63, 3.8) is 0 Å². The minimum atomic E-state index is -1.63.